The first-order valence-corrected chi connectivity index (χ1v) is 7.45. The molecule has 104 valence electrons. The quantitative estimate of drug-likeness (QED) is 0.810. The largest absolute Gasteiger partial charge is 0.454 e. The molecule has 0 amide bonds. The highest BCUT2D eigenvalue weighted by atomic mass is 79.9. The SMILES string of the molecule is Clc1ccc(Cl)c(NCc2cc3c(cc2Br)OCO3)c1. The van der Waals surface area contributed by atoms with Crippen LogP contribution in [0.3, 0.4) is 0 Å². The fourth-order valence-electron chi connectivity index (χ4n) is 1.92. The summed E-state index contributed by atoms with van der Waals surface area (Å²) < 4.78 is 11.6. The van der Waals surface area contributed by atoms with E-state index in [-0.39, 0.29) is 6.79 Å². The molecule has 1 aliphatic heterocycles. The third-order valence-corrected chi connectivity index (χ3v) is 4.24. The highest BCUT2D eigenvalue weighted by Crippen LogP contribution is 2.37. The number of fused-ring (bicyclic) bond motifs is 1. The normalized spacial score (nSPS) is 12.6. The molecule has 1 N–H and O–H groups in total. The van der Waals surface area contributed by atoms with Crippen LogP contribution in [0.2, 0.25) is 10.0 Å². The Morgan fingerprint density at radius 2 is 1.85 bits per heavy atom. The molecule has 0 atom stereocenters. The summed E-state index contributed by atoms with van der Waals surface area (Å²) >= 11 is 15.6. The molecular formula is C14H10BrCl2NO2. The van der Waals surface area contributed by atoms with Crippen molar-refractivity contribution in [2.24, 2.45) is 0 Å². The number of hydrogen-bond acceptors (Lipinski definition) is 3. The van der Waals surface area contributed by atoms with Crippen molar-refractivity contribution in [3.05, 3.63) is 50.4 Å². The van der Waals surface area contributed by atoms with Gasteiger partial charge in [0.1, 0.15) is 0 Å². The summed E-state index contributed by atoms with van der Waals surface area (Å²) in [6.07, 6.45) is 0. The number of hydrogen-bond donors (Lipinski definition) is 1. The van der Waals surface area contributed by atoms with E-state index in [1.807, 2.05) is 12.1 Å². The molecule has 20 heavy (non-hydrogen) atoms. The van der Waals surface area contributed by atoms with Crippen LogP contribution in [-0.2, 0) is 6.54 Å². The first-order valence-electron chi connectivity index (χ1n) is 5.90. The minimum Gasteiger partial charge on any atom is -0.454 e. The number of ether oxygens (including phenoxy) is 2. The lowest BCUT2D eigenvalue weighted by molar-refractivity contribution is 0.174. The van der Waals surface area contributed by atoms with Gasteiger partial charge in [-0.1, -0.05) is 39.1 Å². The first-order chi connectivity index (χ1) is 9.63. The lowest BCUT2D eigenvalue weighted by Crippen LogP contribution is -2.01. The molecule has 0 unspecified atom stereocenters. The van der Waals surface area contributed by atoms with Gasteiger partial charge in [0.2, 0.25) is 6.79 Å². The van der Waals surface area contributed by atoms with Crippen molar-refractivity contribution in [3.63, 3.8) is 0 Å². The zero-order valence-electron chi connectivity index (χ0n) is 10.3. The molecule has 3 nitrogen and oxygen atoms in total. The van der Waals surface area contributed by atoms with Crippen LogP contribution in [0.15, 0.2) is 34.8 Å². The predicted octanol–water partition coefficient (Wildman–Crippen LogP) is 5.10. The maximum atomic E-state index is 6.12. The van der Waals surface area contributed by atoms with E-state index in [1.54, 1.807) is 18.2 Å². The Kier molecular flexibility index (Phi) is 3.96. The van der Waals surface area contributed by atoms with E-state index >= 15 is 0 Å². The average molecular weight is 375 g/mol. The smallest absolute Gasteiger partial charge is 0.231 e. The number of nitrogens with one attached hydrogen (secondary N) is 1. The van der Waals surface area contributed by atoms with Gasteiger partial charge in [0.25, 0.3) is 0 Å². The van der Waals surface area contributed by atoms with E-state index in [0.717, 1.165) is 27.2 Å². The molecule has 0 saturated heterocycles. The fraction of sp³-hybridized carbons (Fsp3) is 0.143. The maximum absolute atomic E-state index is 6.12. The summed E-state index contributed by atoms with van der Waals surface area (Å²) in [5, 5.41) is 4.53. The van der Waals surface area contributed by atoms with Crippen molar-refractivity contribution in [2.75, 3.05) is 12.1 Å². The molecule has 0 spiro atoms. The molecule has 0 fully saturated rings. The van der Waals surface area contributed by atoms with Crippen LogP contribution in [-0.4, -0.2) is 6.79 Å². The van der Waals surface area contributed by atoms with Crippen molar-refractivity contribution in [1.82, 2.24) is 0 Å². The molecule has 0 aliphatic carbocycles. The van der Waals surface area contributed by atoms with Crippen LogP contribution in [0, 0.1) is 0 Å². The van der Waals surface area contributed by atoms with E-state index < -0.39 is 0 Å². The minimum absolute atomic E-state index is 0.263. The molecule has 1 aliphatic rings. The summed E-state index contributed by atoms with van der Waals surface area (Å²) in [6, 6.07) is 9.16. The molecule has 0 saturated carbocycles. The number of halogens is 3. The molecule has 2 aromatic rings. The third kappa shape index (κ3) is 2.82. The number of benzene rings is 2. The first kappa shape index (κ1) is 13.9. The van der Waals surface area contributed by atoms with Crippen molar-refractivity contribution < 1.29 is 9.47 Å². The van der Waals surface area contributed by atoms with E-state index in [1.165, 1.54) is 0 Å². The maximum Gasteiger partial charge on any atom is 0.231 e. The van der Waals surface area contributed by atoms with Crippen LogP contribution in [0.5, 0.6) is 11.5 Å². The standard InChI is InChI=1S/C14H10BrCl2NO2/c15-10-5-14-13(19-7-20-14)3-8(10)6-18-12-4-9(16)1-2-11(12)17/h1-5,18H,6-7H2. The van der Waals surface area contributed by atoms with Gasteiger partial charge in [-0.3, -0.25) is 0 Å². The van der Waals surface area contributed by atoms with Gasteiger partial charge in [-0.2, -0.15) is 0 Å². The lowest BCUT2D eigenvalue weighted by Gasteiger charge is -2.11. The predicted molar refractivity (Wildman–Crippen MR) is 84.1 cm³/mol. The molecule has 2 aromatic carbocycles. The Bertz CT molecular complexity index is 664. The Morgan fingerprint density at radius 3 is 2.65 bits per heavy atom. The summed E-state index contributed by atoms with van der Waals surface area (Å²) in [4.78, 5) is 0. The highest BCUT2D eigenvalue weighted by Gasteiger charge is 2.16. The Hall–Kier alpha value is -1.10. The van der Waals surface area contributed by atoms with Gasteiger partial charge >= 0.3 is 0 Å². The van der Waals surface area contributed by atoms with Crippen LogP contribution >= 0.6 is 39.1 Å². The van der Waals surface area contributed by atoms with Crippen LogP contribution < -0.4 is 14.8 Å². The molecule has 1 heterocycles. The molecule has 0 radical (unpaired) electrons. The minimum atomic E-state index is 0.263. The Labute approximate surface area is 134 Å². The van der Waals surface area contributed by atoms with Gasteiger partial charge in [0, 0.05) is 16.0 Å². The van der Waals surface area contributed by atoms with Gasteiger partial charge in [-0.25, -0.2) is 0 Å². The van der Waals surface area contributed by atoms with E-state index in [9.17, 15) is 0 Å². The van der Waals surface area contributed by atoms with Crippen LogP contribution in [0.25, 0.3) is 0 Å². The Morgan fingerprint density at radius 1 is 1.10 bits per heavy atom. The van der Waals surface area contributed by atoms with Crippen LogP contribution in [0.4, 0.5) is 5.69 Å². The van der Waals surface area contributed by atoms with E-state index in [0.29, 0.717) is 16.6 Å². The molecule has 0 aromatic heterocycles. The Balaban J connectivity index is 1.80. The second-order valence-corrected chi connectivity index (χ2v) is 5.97. The van der Waals surface area contributed by atoms with Crippen molar-refractivity contribution >= 4 is 44.8 Å². The van der Waals surface area contributed by atoms with E-state index in [2.05, 4.69) is 21.2 Å². The second-order valence-electron chi connectivity index (χ2n) is 4.27. The average Bonchev–Trinajstić information content (AvgIpc) is 2.86. The topological polar surface area (TPSA) is 30.5 Å². The summed E-state index contributed by atoms with van der Waals surface area (Å²) in [5.74, 6) is 1.50. The van der Waals surface area contributed by atoms with Gasteiger partial charge in [0.15, 0.2) is 11.5 Å². The molecular weight excluding hydrogens is 365 g/mol. The number of anilines is 1. The van der Waals surface area contributed by atoms with Gasteiger partial charge in [-0.05, 0) is 35.9 Å². The van der Waals surface area contributed by atoms with Gasteiger partial charge in [0.05, 0.1) is 10.7 Å². The summed E-state index contributed by atoms with van der Waals surface area (Å²) in [7, 11) is 0. The van der Waals surface area contributed by atoms with Crippen LogP contribution in [0.1, 0.15) is 5.56 Å². The fourth-order valence-corrected chi connectivity index (χ4v) is 2.74. The zero-order valence-corrected chi connectivity index (χ0v) is 13.3. The van der Waals surface area contributed by atoms with Gasteiger partial charge in [-0.15, -0.1) is 0 Å². The lowest BCUT2D eigenvalue weighted by atomic mass is 10.2. The molecule has 6 heteroatoms. The summed E-state index contributed by atoms with van der Waals surface area (Å²) in [6.45, 7) is 0.857. The highest BCUT2D eigenvalue weighted by molar-refractivity contribution is 9.10. The molecule has 3 rings (SSSR count). The van der Waals surface area contributed by atoms with Crippen molar-refractivity contribution in [3.8, 4) is 11.5 Å². The molecule has 0 bridgehead atoms. The number of rotatable bonds is 3. The zero-order chi connectivity index (χ0) is 14.1. The van der Waals surface area contributed by atoms with Gasteiger partial charge < -0.3 is 14.8 Å². The van der Waals surface area contributed by atoms with E-state index in [4.69, 9.17) is 32.7 Å². The third-order valence-electron chi connectivity index (χ3n) is 2.94. The summed E-state index contributed by atoms with van der Waals surface area (Å²) in [5.41, 5.74) is 1.84. The van der Waals surface area contributed by atoms with Crippen molar-refractivity contribution in [1.29, 1.82) is 0 Å². The second kappa shape index (κ2) is 5.72. The van der Waals surface area contributed by atoms with Crippen molar-refractivity contribution in [2.45, 2.75) is 6.54 Å². The monoisotopic (exact) mass is 373 g/mol.